The Morgan fingerprint density at radius 2 is 1.88 bits per heavy atom. The molecule has 32 heavy (non-hydrogen) atoms. The highest BCUT2D eigenvalue weighted by Gasteiger charge is 2.16. The maximum Gasteiger partial charge on any atom is 0.173 e. The molecule has 0 bridgehead atoms. The van der Waals surface area contributed by atoms with Crippen LogP contribution in [0.3, 0.4) is 0 Å². The van der Waals surface area contributed by atoms with Gasteiger partial charge >= 0.3 is 0 Å². The van der Waals surface area contributed by atoms with Gasteiger partial charge in [0.15, 0.2) is 5.11 Å². The van der Waals surface area contributed by atoms with Crippen molar-refractivity contribution < 1.29 is 14.2 Å². The van der Waals surface area contributed by atoms with Crippen LogP contribution in [0.25, 0.3) is 0 Å². The van der Waals surface area contributed by atoms with Crippen molar-refractivity contribution >= 4 is 23.0 Å². The van der Waals surface area contributed by atoms with E-state index in [1.165, 1.54) is 11.1 Å². The van der Waals surface area contributed by atoms with Crippen LogP contribution in [0, 0.1) is 13.8 Å². The number of benzene rings is 2. The monoisotopic (exact) mass is 457 g/mol. The van der Waals surface area contributed by atoms with Gasteiger partial charge in [0, 0.05) is 50.0 Å². The number of ether oxygens (including phenoxy) is 3. The van der Waals surface area contributed by atoms with E-state index < -0.39 is 0 Å². The zero-order valence-electron chi connectivity index (χ0n) is 19.6. The molecule has 1 N–H and O–H groups in total. The lowest BCUT2D eigenvalue weighted by Crippen LogP contribution is -2.40. The van der Waals surface area contributed by atoms with Gasteiger partial charge in [-0.15, -0.1) is 0 Å². The first-order valence-electron chi connectivity index (χ1n) is 11.1. The fraction of sp³-hybridized carbons (Fsp3) is 0.480. The lowest BCUT2D eigenvalue weighted by Gasteiger charge is -2.30. The maximum absolute atomic E-state index is 5.87. The van der Waals surface area contributed by atoms with Crippen LogP contribution in [0.4, 0.5) is 5.69 Å². The highest BCUT2D eigenvalue weighted by molar-refractivity contribution is 7.80. The standard InChI is InChI=1S/C25H35N3O3S/c1-19-6-7-20(2)23(16-19)26-25(32)28(11-5-10-27-12-14-31-15-13-27)18-21-8-9-22(29-3)17-24(21)30-4/h6-9,16-17H,5,10-15,18H2,1-4H3,(H,26,32). The number of hydrogen-bond donors (Lipinski definition) is 1. The Labute approximate surface area is 197 Å². The van der Waals surface area contributed by atoms with Gasteiger partial charge in [-0.1, -0.05) is 12.1 Å². The molecule has 0 spiro atoms. The van der Waals surface area contributed by atoms with Crippen molar-refractivity contribution in [1.29, 1.82) is 0 Å². The van der Waals surface area contributed by atoms with Crippen LogP contribution in [-0.2, 0) is 11.3 Å². The number of methoxy groups -OCH3 is 2. The second kappa shape index (κ2) is 12.0. The molecule has 3 rings (SSSR count). The number of aryl methyl sites for hydroxylation is 2. The van der Waals surface area contributed by atoms with Crippen molar-refractivity contribution in [2.24, 2.45) is 0 Å². The molecule has 6 nitrogen and oxygen atoms in total. The quantitative estimate of drug-likeness (QED) is 0.565. The molecular formula is C25H35N3O3S. The van der Waals surface area contributed by atoms with E-state index in [9.17, 15) is 0 Å². The molecule has 0 saturated carbocycles. The highest BCUT2D eigenvalue weighted by Crippen LogP contribution is 2.26. The molecule has 174 valence electrons. The van der Waals surface area contributed by atoms with Gasteiger partial charge in [0.1, 0.15) is 11.5 Å². The fourth-order valence-electron chi connectivity index (χ4n) is 3.82. The Balaban J connectivity index is 1.73. The van der Waals surface area contributed by atoms with E-state index in [1.807, 2.05) is 18.2 Å². The maximum atomic E-state index is 5.87. The highest BCUT2D eigenvalue weighted by atomic mass is 32.1. The lowest BCUT2D eigenvalue weighted by atomic mass is 10.1. The van der Waals surface area contributed by atoms with E-state index in [0.29, 0.717) is 6.54 Å². The number of morpholine rings is 1. The SMILES string of the molecule is COc1ccc(CN(CCCN2CCOCC2)C(=S)Nc2cc(C)ccc2C)c(OC)c1. The molecule has 1 fully saturated rings. The largest absolute Gasteiger partial charge is 0.497 e. The van der Waals surface area contributed by atoms with Gasteiger partial charge in [0.2, 0.25) is 0 Å². The molecule has 0 radical (unpaired) electrons. The van der Waals surface area contributed by atoms with Crippen LogP contribution in [0.5, 0.6) is 11.5 Å². The zero-order chi connectivity index (χ0) is 22.9. The summed E-state index contributed by atoms with van der Waals surface area (Å²) < 4.78 is 16.4. The molecule has 2 aromatic carbocycles. The van der Waals surface area contributed by atoms with Crippen LogP contribution in [0.15, 0.2) is 36.4 Å². The number of rotatable bonds is 9. The Hall–Kier alpha value is -2.35. The van der Waals surface area contributed by atoms with Crippen LogP contribution < -0.4 is 14.8 Å². The van der Waals surface area contributed by atoms with Crippen LogP contribution in [-0.4, -0.2) is 68.5 Å². The van der Waals surface area contributed by atoms with Crippen molar-refractivity contribution in [3.8, 4) is 11.5 Å². The Kier molecular flexibility index (Phi) is 9.14. The first-order chi connectivity index (χ1) is 15.5. The van der Waals surface area contributed by atoms with Gasteiger partial charge in [-0.3, -0.25) is 4.90 Å². The first kappa shape index (κ1) is 24.3. The van der Waals surface area contributed by atoms with E-state index in [-0.39, 0.29) is 0 Å². The average Bonchev–Trinajstić information content (AvgIpc) is 2.81. The number of thiocarbonyl (C=S) groups is 1. The molecule has 0 unspecified atom stereocenters. The lowest BCUT2D eigenvalue weighted by molar-refractivity contribution is 0.0367. The number of anilines is 1. The van der Waals surface area contributed by atoms with E-state index in [4.69, 9.17) is 26.4 Å². The summed E-state index contributed by atoms with van der Waals surface area (Å²) in [6.45, 7) is 10.4. The van der Waals surface area contributed by atoms with E-state index in [2.05, 4.69) is 47.2 Å². The van der Waals surface area contributed by atoms with E-state index in [1.54, 1.807) is 14.2 Å². The third-order valence-electron chi connectivity index (χ3n) is 5.78. The van der Waals surface area contributed by atoms with Gasteiger partial charge in [0.05, 0.1) is 27.4 Å². The number of nitrogens with zero attached hydrogens (tertiary/aromatic N) is 2. The third kappa shape index (κ3) is 6.82. The van der Waals surface area contributed by atoms with Gasteiger partial charge in [-0.2, -0.15) is 0 Å². The predicted molar refractivity (Wildman–Crippen MR) is 134 cm³/mol. The molecule has 0 aromatic heterocycles. The van der Waals surface area contributed by atoms with Crippen LogP contribution in [0.2, 0.25) is 0 Å². The molecule has 0 atom stereocenters. The predicted octanol–water partition coefficient (Wildman–Crippen LogP) is 4.24. The average molecular weight is 458 g/mol. The molecule has 1 aliphatic rings. The smallest absolute Gasteiger partial charge is 0.173 e. The topological polar surface area (TPSA) is 46.2 Å². The molecule has 1 saturated heterocycles. The first-order valence-corrected chi connectivity index (χ1v) is 11.5. The molecule has 2 aromatic rings. The summed E-state index contributed by atoms with van der Waals surface area (Å²) in [4.78, 5) is 4.68. The normalized spacial score (nSPS) is 14.1. The minimum atomic E-state index is 0.660. The van der Waals surface area contributed by atoms with Crippen molar-refractivity contribution in [3.63, 3.8) is 0 Å². The van der Waals surface area contributed by atoms with Gasteiger partial charge in [-0.25, -0.2) is 0 Å². The second-order valence-electron chi connectivity index (χ2n) is 8.16. The Morgan fingerprint density at radius 3 is 2.59 bits per heavy atom. The molecule has 0 amide bonds. The summed E-state index contributed by atoms with van der Waals surface area (Å²) in [7, 11) is 3.35. The molecule has 7 heteroatoms. The summed E-state index contributed by atoms with van der Waals surface area (Å²) in [5.41, 5.74) is 4.50. The third-order valence-corrected chi connectivity index (χ3v) is 6.14. The summed E-state index contributed by atoms with van der Waals surface area (Å²) in [6, 6.07) is 12.3. The van der Waals surface area contributed by atoms with Crippen molar-refractivity contribution in [1.82, 2.24) is 9.80 Å². The molecule has 1 aliphatic heterocycles. The van der Waals surface area contributed by atoms with E-state index in [0.717, 1.165) is 73.7 Å². The van der Waals surface area contributed by atoms with E-state index >= 15 is 0 Å². The molecular weight excluding hydrogens is 422 g/mol. The summed E-state index contributed by atoms with van der Waals surface area (Å²) >= 11 is 5.87. The van der Waals surface area contributed by atoms with Gasteiger partial charge in [0.25, 0.3) is 0 Å². The van der Waals surface area contributed by atoms with Crippen LogP contribution >= 0.6 is 12.2 Å². The number of nitrogens with one attached hydrogen (secondary N) is 1. The zero-order valence-corrected chi connectivity index (χ0v) is 20.5. The second-order valence-corrected chi connectivity index (χ2v) is 8.54. The fourth-order valence-corrected chi connectivity index (χ4v) is 4.08. The summed E-state index contributed by atoms with van der Waals surface area (Å²) in [5, 5.41) is 4.20. The molecule has 1 heterocycles. The van der Waals surface area contributed by atoms with Crippen molar-refractivity contribution in [3.05, 3.63) is 53.1 Å². The minimum Gasteiger partial charge on any atom is -0.497 e. The van der Waals surface area contributed by atoms with Crippen molar-refractivity contribution in [2.75, 3.05) is 58.9 Å². The van der Waals surface area contributed by atoms with Gasteiger partial charge in [-0.05, 0) is 61.8 Å². The Bertz CT molecular complexity index is 900. The summed E-state index contributed by atoms with van der Waals surface area (Å²) in [6.07, 6.45) is 1.02. The molecule has 0 aliphatic carbocycles. The minimum absolute atomic E-state index is 0.660. The Morgan fingerprint density at radius 1 is 1.09 bits per heavy atom. The van der Waals surface area contributed by atoms with Gasteiger partial charge < -0.3 is 24.4 Å². The number of hydrogen-bond acceptors (Lipinski definition) is 5. The van der Waals surface area contributed by atoms with Crippen LogP contribution in [0.1, 0.15) is 23.1 Å². The van der Waals surface area contributed by atoms with Crippen molar-refractivity contribution in [2.45, 2.75) is 26.8 Å². The summed E-state index contributed by atoms with van der Waals surface area (Å²) in [5.74, 6) is 1.58.